The standard InChI is InChI=1S/C51H48O12.C43H32O8/c52-37-6-14-41(15-7-37)56-26-28-60-45-22-24-47(49(34-45)62-32-30-58-43-18-10-39(54)11-19-43)51(36-4-2-1-3-5-36)48-25-23-46(61-29-27-57-42-16-8-38(53)9-17-42)35-50(48)63-33-31-59-44-20-12-40(55)13-21-44;44-29-6-14-33(15-7-29)48-37-22-24-39(41(26-37)50-35-18-10-31(46)11-19-35)43(28-4-2-1-3-5-28)40-25-23-38(49-34-16-8-30(45)9-17-34)27-42(40)51-36-20-12-32(47)13-21-36/h1-25,34-35,51-55H,26-33H2;1-27,43-47H. The molecular formula is C94H80O20. The molecule has 0 radical (unpaired) electrons. The fraction of sp³-hybridized carbons (Fsp3) is 0.106. The molecule has 20 nitrogen and oxygen atoms in total. The summed E-state index contributed by atoms with van der Waals surface area (Å²) in [6, 6.07) is 94.4. The minimum Gasteiger partial charge on any atom is -0.508 e. The van der Waals surface area contributed by atoms with Crippen molar-refractivity contribution in [1.29, 1.82) is 0 Å². The number of ether oxygens (including phenoxy) is 12. The van der Waals surface area contributed by atoms with E-state index in [2.05, 4.69) is 12.1 Å². The summed E-state index contributed by atoms with van der Waals surface area (Å²) >= 11 is 0. The lowest BCUT2D eigenvalue weighted by Gasteiger charge is -2.25. The number of hydrogen-bond acceptors (Lipinski definition) is 20. The summed E-state index contributed by atoms with van der Waals surface area (Å²) < 4.78 is 74.2. The van der Waals surface area contributed by atoms with Gasteiger partial charge in [-0.25, -0.2) is 0 Å². The van der Waals surface area contributed by atoms with E-state index in [0.717, 1.165) is 33.4 Å². The summed E-state index contributed by atoms with van der Waals surface area (Å²) in [5.74, 6) is 8.96. The van der Waals surface area contributed by atoms with Crippen molar-refractivity contribution in [2.24, 2.45) is 0 Å². The van der Waals surface area contributed by atoms with Crippen molar-refractivity contribution in [3.63, 3.8) is 0 Å². The van der Waals surface area contributed by atoms with Gasteiger partial charge in [0.25, 0.3) is 0 Å². The maximum absolute atomic E-state index is 9.94. The van der Waals surface area contributed by atoms with Gasteiger partial charge in [0.05, 0.1) is 0 Å². The number of aromatic hydroxyl groups is 8. The summed E-state index contributed by atoms with van der Waals surface area (Å²) in [4.78, 5) is 0. The van der Waals surface area contributed by atoms with E-state index in [9.17, 15) is 40.9 Å². The molecule has 0 aliphatic rings. The lowest BCUT2D eigenvalue weighted by atomic mass is 9.84. The Labute approximate surface area is 658 Å². The van der Waals surface area contributed by atoms with Crippen molar-refractivity contribution in [2.45, 2.75) is 11.8 Å². The zero-order chi connectivity index (χ0) is 78.8. The Hall–Kier alpha value is -14.9. The summed E-state index contributed by atoms with van der Waals surface area (Å²) in [7, 11) is 0. The summed E-state index contributed by atoms with van der Waals surface area (Å²) in [6.07, 6.45) is 0. The first-order chi connectivity index (χ1) is 55.7. The average molecular weight is 1530 g/mol. The predicted molar refractivity (Wildman–Crippen MR) is 430 cm³/mol. The van der Waals surface area contributed by atoms with Gasteiger partial charge in [-0.2, -0.15) is 0 Å². The second-order valence-corrected chi connectivity index (χ2v) is 25.6. The fourth-order valence-electron chi connectivity index (χ4n) is 12.1. The van der Waals surface area contributed by atoms with Crippen LogP contribution < -0.4 is 56.8 Å². The van der Waals surface area contributed by atoms with Gasteiger partial charge >= 0.3 is 0 Å². The Morgan fingerprint density at radius 1 is 0.167 bits per heavy atom. The molecule has 20 heteroatoms. The van der Waals surface area contributed by atoms with Gasteiger partial charge in [-0.05, 0) is 230 Å². The molecule has 14 aromatic carbocycles. The summed E-state index contributed by atoms with van der Waals surface area (Å²) in [5, 5.41) is 78.1. The van der Waals surface area contributed by atoms with Gasteiger partial charge in [0.1, 0.15) is 191 Å². The van der Waals surface area contributed by atoms with Gasteiger partial charge in [-0.3, -0.25) is 0 Å². The Morgan fingerprint density at radius 3 is 0.623 bits per heavy atom. The number of phenolic OH excluding ortho intramolecular Hbond substituents is 8. The first-order valence-corrected chi connectivity index (χ1v) is 36.4. The van der Waals surface area contributed by atoms with Crippen molar-refractivity contribution >= 4 is 0 Å². The molecule has 0 heterocycles. The first-order valence-electron chi connectivity index (χ1n) is 36.4. The monoisotopic (exact) mass is 1530 g/mol. The van der Waals surface area contributed by atoms with Crippen LogP contribution >= 0.6 is 0 Å². The Morgan fingerprint density at radius 2 is 0.360 bits per heavy atom. The molecule has 0 aliphatic carbocycles. The van der Waals surface area contributed by atoms with Crippen LogP contribution in [0.1, 0.15) is 45.2 Å². The van der Waals surface area contributed by atoms with Crippen LogP contribution in [0.4, 0.5) is 0 Å². The van der Waals surface area contributed by atoms with Gasteiger partial charge < -0.3 is 97.7 Å². The minimum absolute atomic E-state index is 0.111. The number of benzene rings is 14. The minimum atomic E-state index is -0.434. The van der Waals surface area contributed by atoms with E-state index in [1.807, 2.05) is 109 Å². The van der Waals surface area contributed by atoms with Gasteiger partial charge in [-0.1, -0.05) is 84.9 Å². The molecule has 0 atom stereocenters. The van der Waals surface area contributed by atoms with Crippen molar-refractivity contribution < 1.29 is 97.7 Å². The van der Waals surface area contributed by atoms with Gasteiger partial charge in [0, 0.05) is 58.4 Å². The maximum Gasteiger partial charge on any atom is 0.135 e. The fourth-order valence-corrected chi connectivity index (χ4v) is 12.1. The van der Waals surface area contributed by atoms with Crippen LogP contribution in [0, 0.1) is 0 Å². The molecule has 0 amide bonds. The smallest absolute Gasteiger partial charge is 0.135 e. The predicted octanol–water partition coefficient (Wildman–Crippen LogP) is 20.4. The molecule has 14 rings (SSSR count). The Bertz CT molecular complexity index is 5030. The molecule has 14 aromatic rings. The third-order valence-electron chi connectivity index (χ3n) is 17.5. The molecule has 0 fully saturated rings. The van der Waals surface area contributed by atoms with Crippen LogP contribution in [-0.2, 0) is 0 Å². The molecule has 114 heavy (non-hydrogen) atoms. The van der Waals surface area contributed by atoms with Crippen LogP contribution in [0.5, 0.6) is 138 Å². The Balaban J connectivity index is 0.000000203. The molecule has 0 unspecified atom stereocenters. The van der Waals surface area contributed by atoms with Crippen LogP contribution in [0.25, 0.3) is 0 Å². The van der Waals surface area contributed by atoms with Gasteiger partial charge in [0.2, 0.25) is 0 Å². The van der Waals surface area contributed by atoms with E-state index in [1.54, 1.807) is 206 Å². The van der Waals surface area contributed by atoms with Crippen LogP contribution in [0.15, 0.2) is 328 Å². The third-order valence-corrected chi connectivity index (χ3v) is 17.5. The van der Waals surface area contributed by atoms with E-state index >= 15 is 0 Å². The van der Waals surface area contributed by atoms with E-state index in [-0.39, 0.29) is 98.9 Å². The van der Waals surface area contributed by atoms with Gasteiger partial charge in [-0.15, -0.1) is 0 Å². The van der Waals surface area contributed by atoms with Crippen LogP contribution in [-0.4, -0.2) is 93.7 Å². The molecule has 0 aromatic heterocycles. The molecule has 0 bridgehead atoms. The lowest BCUT2D eigenvalue weighted by molar-refractivity contribution is 0.207. The van der Waals surface area contributed by atoms with E-state index in [1.165, 1.54) is 0 Å². The maximum atomic E-state index is 9.94. The van der Waals surface area contributed by atoms with Crippen molar-refractivity contribution in [3.8, 4) is 138 Å². The van der Waals surface area contributed by atoms with E-state index in [4.69, 9.17) is 56.8 Å². The highest BCUT2D eigenvalue weighted by Crippen LogP contribution is 2.48. The average Bonchev–Trinajstić information content (AvgIpc) is 0.776. The highest BCUT2D eigenvalue weighted by molar-refractivity contribution is 5.60. The normalized spacial score (nSPS) is 10.8. The largest absolute Gasteiger partial charge is 0.508 e. The van der Waals surface area contributed by atoms with Crippen LogP contribution in [0.3, 0.4) is 0 Å². The van der Waals surface area contributed by atoms with Gasteiger partial charge in [0.15, 0.2) is 0 Å². The molecule has 0 aliphatic heterocycles. The topological polar surface area (TPSA) is 273 Å². The number of phenols is 8. The van der Waals surface area contributed by atoms with Crippen molar-refractivity contribution in [1.82, 2.24) is 0 Å². The van der Waals surface area contributed by atoms with Crippen molar-refractivity contribution in [2.75, 3.05) is 52.9 Å². The molecule has 576 valence electrons. The lowest BCUT2D eigenvalue weighted by Crippen LogP contribution is -2.15. The first kappa shape index (κ1) is 77.2. The molecule has 0 spiro atoms. The zero-order valence-electron chi connectivity index (χ0n) is 61.5. The molecule has 0 saturated heterocycles. The van der Waals surface area contributed by atoms with E-state index in [0.29, 0.717) is 92.0 Å². The highest BCUT2D eigenvalue weighted by atomic mass is 16.5. The Kier molecular flexibility index (Phi) is 26.0. The second kappa shape index (κ2) is 38.4. The SMILES string of the molecule is Oc1ccc(OCCOc2ccc(C(c3ccccc3)c3ccc(OCCOc4ccc(O)cc4)cc3OCCOc3ccc(O)cc3)c(OCCOc3ccc(O)cc3)c2)cc1.Oc1ccc(Oc2ccc(C(c3ccccc3)c3ccc(Oc4ccc(O)cc4)cc3Oc3ccc(O)cc3)c(Oc3ccc(O)cc3)c2)cc1. The second-order valence-electron chi connectivity index (χ2n) is 25.6. The number of rotatable bonds is 34. The highest BCUT2D eigenvalue weighted by Gasteiger charge is 2.29. The third kappa shape index (κ3) is 22.2. The molecule has 0 saturated carbocycles. The summed E-state index contributed by atoms with van der Waals surface area (Å²) in [5.41, 5.74) is 5.16. The van der Waals surface area contributed by atoms with Crippen LogP contribution in [0.2, 0.25) is 0 Å². The summed E-state index contributed by atoms with van der Waals surface area (Å²) in [6.45, 7) is 1.87. The zero-order valence-corrected chi connectivity index (χ0v) is 61.5. The van der Waals surface area contributed by atoms with E-state index < -0.39 is 11.8 Å². The molecule has 8 N–H and O–H groups in total. The molecular weight excluding hydrogens is 1450 g/mol. The quantitative estimate of drug-likeness (QED) is 0.0137. The number of hydrogen-bond donors (Lipinski definition) is 8. The van der Waals surface area contributed by atoms with Crippen molar-refractivity contribution in [3.05, 3.63) is 361 Å².